The molecule has 0 spiro atoms. The minimum Gasteiger partial charge on any atom is -0.384 e. The molecule has 13 heavy (non-hydrogen) atoms. The Kier molecular flexibility index (Phi) is 3.54. The summed E-state index contributed by atoms with van der Waals surface area (Å²) in [6.45, 7) is 3.49. The third kappa shape index (κ3) is 2.93. The van der Waals surface area contributed by atoms with Gasteiger partial charge in [-0.1, -0.05) is 36.9 Å². The van der Waals surface area contributed by atoms with Gasteiger partial charge in [0.15, 0.2) is 0 Å². The number of benzene rings is 1. The summed E-state index contributed by atoms with van der Waals surface area (Å²) in [4.78, 5) is 4.00. The molecule has 0 bridgehead atoms. The lowest BCUT2D eigenvalue weighted by molar-refractivity contribution is 1.27. The van der Waals surface area contributed by atoms with Crippen molar-refractivity contribution in [2.24, 2.45) is 15.9 Å². The van der Waals surface area contributed by atoms with Gasteiger partial charge in [-0.2, -0.15) is 0 Å². The van der Waals surface area contributed by atoms with Gasteiger partial charge in [0, 0.05) is 5.56 Å². The molecule has 0 aliphatic carbocycles. The first-order chi connectivity index (χ1) is 6.24. The summed E-state index contributed by atoms with van der Waals surface area (Å²) in [6, 6.07) is 9.60. The Hall–Kier alpha value is -1.26. The average Bonchev–Trinajstić information content (AvgIpc) is 2.15. The molecule has 3 nitrogen and oxygen atoms in total. The predicted molar refractivity (Wildman–Crippen MR) is 58.1 cm³/mol. The summed E-state index contributed by atoms with van der Waals surface area (Å²) in [5, 5.41) is 6.12. The molecule has 0 saturated carbocycles. The fourth-order valence-corrected chi connectivity index (χ4v) is 1.31. The van der Waals surface area contributed by atoms with E-state index in [1.54, 1.807) is 0 Å². The summed E-state index contributed by atoms with van der Waals surface area (Å²) in [7, 11) is 0. The van der Waals surface area contributed by atoms with Crippen molar-refractivity contribution in [2.75, 3.05) is 0 Å². The maximum absolute atomic E-state index is 5.44. The van der Waals surface area contributed by atoms with Crippen LogP contribution in [0.2, 0.25) is 0 Å². The van der Waals surface area contributed by atoms with Gasteiger partial charge in [-0.05, 0) is 11.9 Å². The molecular weight excluding hydrogens is 182 g/mol. The predicted octanol–water partition coefficient (Wildman–Crippen LogP) is 1.47. The molecule has 0 aromatic heterocycles. The fourth-order valence-electron chi connectivity index (χ4n) is 0.870. The molecule has 1 aromatic rings. The highest BCUT2D eigenvalue weighted by Crippen LogP contribution is 2.09. The standard InChI is InChI=1S/C9H11N3S/c1-7(10)12-9(13-11)8-5-3-2-4-6-8/h2-6H,1,10-11H2. The van der Waals surface area contributed by atoms with Gasteiger partial charge in [0.2, 0.25) is 0 Å². The van der Waals surface area contributed by atoms with Gasteiger partial charge < -0.3 is 5.73 Å². The molecule has 1 aromatic carbocycles. The van der Waals surface area contributed by atoms with Crippen LogP contribution < -0.4 is 10.9 Å². The minimum atomic E-state index is 0.261. The van der Waals surface area contributed by atoms with Crippen molar-refractivity contribution >= 4 is 17.0 Å². The van der Waals surface area contributed by atoms with Crippen molar-refractivity contribution in [3.63, 3.8) is 0 Å². The van der Waals surface area contributed by atoms with E-state index in [0.29, 0.717) is 5.04 Å². The first kappa shape index (κ1) is 9.83. The van der Waals surface area contributed by atoms with Gasteiger partial charge in [-0.25, -0.2) is 4.99 Å². The number of hydrogen-bond donors (Lipinski definition) is 2. The Balaban J connectivity index is 2.98. The van der Waals surface area contributed by atoms with Gasteiger partial charge in [0.1, 0.15) is 10.9 Å². The molecule has 0 heterocycles. The monoisotopic (exact) mass is 193 g/mol. The summed E-state index contributed by atoms with van der Waals surface area (Å²) in [6.07, 6.45) is 0. The van der Waals surface area contributed by atoms with Crippen molar-refractivity contribution in [1.82, 2.24) is 0 Å². The molecule has 0 aliphatic rings. The van der Waals surface area contributed by atoms with Gasteiger partial charge in [-0.3, -0.25) is 5.14 Å². The molecule has 0 saturated heterocycles. The number of nitrogens with zero attached hydrogens (tertiary/aromatic N) is 1. The Labute approximate surface area is 81.7 Å². The van der Waals surface area contributed by atoms with Crippen LogP contribution in [-0.2, 0) is 0 Å². The quantitative estimate of drug-likeness (QED) is 0.424. The smallest absolute Gasteiger partial charge is 0.120 e. The summed E-state index contributed by atoms with van der Waals surface area (Å²) in [5.41, 5.74) is 6.30. The maximum atomic E-state index is 5.44. The van der Waals surface area contributed by atoms with Crippen LogP contribution in [0.15, 0.2) is 47.7 Å². The second-order valence-electron chi connectivity index (χ2n) is 2.39. The van der Waals surface area contributed by atoms with Gasteiger partial charge in [0.05, 0.1) is 0 Å². The fraction of sp³-hybridized carbons (Fsp3) is 0. The lowest BCUT2D eigenvalue weighted by atomic mass is 10.2. The lowest BCUT2D eigenvalue weighted by Crippen LogP contribution is -2.02. The first-order valence-electron chi connectivity index (χ1n) is 3.69. The van der Waals surface area contributed by atoms with E-state index >= 15 is 0 Å². The van der Waals surface area contributed by atoms with Crippen molar-refractivity contribution < 1.29 is 0 Å². The zero-order valence-electron chi connectivity index (χ0n) is 7.10. The Morgan fingerprint density at radius 2 is 1.92 bits per heavy atom. The van der Waals surface area contributed by atoms with E-state index in [1.807, 2.05) is 30.3 Å². The Morgan fingerprint density at radius 1 is 1.31 bits per heavy atom. The molecule has 0 radical (unpaired) electrons. The third-order valence-corrected chi connectivity index (χ3v) is 1.93. The minimum absolute atomic E-state index is 0.261. The molecule has 4 heteroatoms. The highest BCUT2D eigenvalue weighted by atomic mass is 32.2. The summed E-state index contributed by atoms with van der Waals surface area (Å²) >= 11 is 1.06. The number of aliphatic imine (C=N–C) groups is 1. The van der Waals surface area contributed by atoms with Crippen LogP contribution >= 0.6 is 11.9 Å². The van der Waals surface area contributed by atoms with Crippen LogP contribution in [0, 0.1) is 0 Å². The number of hydrogen-bond acceptors (Lipinski definition) is 4. The van der Waals surface area contributed by atoms with E-state index < -0.39 is 0 Å². The number of nitrogens with two attached hydrogens (primary N) is 2. The largest absolute Gasteiger partial charge is 0.384 e. The van der Waals surface area contributed by atoms with E-state index in [-0.39, 0.29) is 5.82 Å². The highest BCUT2D eigenvalue weighted by molar-refractivity contribution is 8.12. The van der Waals surface area contributed by atoms with Crippen LogP contribution in [0.1, 0.15) is 5.56 Å². The van der Waals surface area contributed by atoms with Crippen molar-refractivity contribution in [3.8, 4) is 0 Å². The van der Waals surface area contributed by atoms with Crippen molar-refractivity contribution in [3.05, 3.63) is 48.3 Å². The van der Waals surface area contributed by atoms with Crippen LogP contribution in [0.5, 0.6) is 0 Å². The summed E-state index contributed by atoms with van der Waals surface area (Å²) in [5.74, 6) is 0.261. The van der Waals surface area contributed by atoms with E-state index in [4.69, 9.17) is 10.9 Å². The van der Waals surface area contributed by atoms with Crippen molar-refractivity contribution in [2.45, 2.75) is 0 Å². The van der Waals surface area contributed by atoms with Crippen LogP contribution in [0.25, 0.3) is 0 Å². The zero-order valence-corrected chi connectivity index (χ0v) is 7.92. The van der Waals surface area contributed by atoms with Crippen LogP contribution in [-0.4, -0.2) is 5.04 Å². The molecule has 0 aliphatic heterocycles. The zero-order chi connectivity index (χ0) is 9.68. The maximum Gasteiger partial charge on any atom is 0.120 e. The molecule has 4 N–H and O–H groups in total. The molecule has 1 rings (SSSR count). The van der Waals surface area contributed by atoms with Crippen LogP contribution in [0.3, 0.4) is 0 Å². The Morgan fingerprint density at radius 3 is 2.38 bits per heavy atom. The first-order valence-corrected chi connectivity index (χ1v) is 4.57. The van der Waals surface area contributed by atoms with Gasteiger partial charge in [0.25, 0.3) is 0 Å². The molecule has 68 valence electrons. The Bertz CT molecular complexity index is 319. The second kappa shape index (κ2) is 4.69. The second-order valence-corrected chi connectivity index (χ2v) is 3.01. The van der Waals surface area contributed by atoms with E-state index in [1.165, 1.54) is 0 Å². The number of rotatable bonds is 2. The topological polar surface area (TPSA) is 64.4 Å². The molecular formula is C9H11N3S. The highest BCUT2D eigenvalue weighted by Gasteiger charge is 2.00. The third-order valence-electron chi connectivity index (χ3n) is 1.38. The summed E-state index contributed by atoms with van der Waals surface area (Å²) < 4.78 is 0. The molecule has 0 atom stereocenters. The van der Waals surface area contributed by atoms with E-state index in [0.717, 1.165) is 17.5 Å². The molecule has 0 unspecified atom stereocenters. The molecule has 0 fully saturated rings. The van der Waals surface area contributed by atoms with Crippen molar-refractivity contribution in [1.29, 1.82) is 0 Å². The SMILES string of the molecule is C=C(N)N=C(SN)c1ccccc1. The average molecular weight is 193 g/mol. The van der Waals surface area contributed by atoms with Gasteiger partial charge in [-0.15, -0.1) is 0 Å². The normalized spacial score (nSPS) is 11.3. The van der Waals surface area contributed by atoms with E-state index in [9.17, 15) is 0 Å². The molecule has 0 amide bonds. The van der Waals surface area contributed by atoms with E-state index in [2.05, 4.69) is 11.6 Å². The van der Waals surface area contributed by atoms with Crippen LogP contribution in [0.4, 0.5) is 0 Å². The lowest BCUT2D eigenvalue weighted by Gasteiger charge is -2.01. The van der Waals surface area contributed by atoms with Gasteiger partial charge >= 0.3 is 0 Å².